The molecule has 88 valence electrons. The summed E-state index contributed by atoms with van der Waals surface area (Å²) in [4.78, 5) is 11.9. The first kappa shape index (κ1) is 13.3. The molecule has 0 amide bonds. The average molecular weight is 289 g/mol. The van der Waals surface area contributed by atoms with Crippen LogP contribution in [-0.2, 0) is 4.74 Å². The first-order valence-electron chi connectivity index (χ1n) is 5.04. The molecule has 0 heterocycles. The maximum absolute atomic E-state index is 13.0. The van der Waals surface area contributed by atoms with E-state index in [2.05, 4.69) is 15.9 Å². The second-order valence-electron chi connectivity index (χ2n) is 3.68. The number of Topliss-reactive ketones (excluding diaryl/α,β-unsaturated/α-hetero) is 1. The molecule has 0 saturated heterocycles. The average Bonchev–Trinajstić information content (AvgIpc) is 2.28. The normalized spacial score (nSPS) is 12.5. The minimum absolute atomic E-state index is 0.0118. The summed E-state index contributed by atoms with van der Waals surface area (Å²) in [5.74, 6) is -0.462. The molecule has 0 spiro atoms. The van der Waals surface area contributed by atoms with E-state index in [9.17, 15) is 9.18 Å². The van der Waals surface area contributed by atoms with Crippen LogP contribution in [0.2, 0.25) is 0 Å². The van der Waals surface area contributed by atoms with Crippen LogP contribution in [0.4, 0.5) is 4.39 Å². The molecule has 4 heteroatoms. The van der Waals surface area contributed by atoms with Crippen molar-refractivity contribution in [2.45, 2.75) is 13.3 Å². The number of carbonyl (C=O) groups is 1. The summed E-state index contributed by atoms with van der Waals surface area (Å²) < 4.78 is 18.2. The summed E-state index contributed by atoms with van der Waals surface area (Å²) in [5, 5.41) is 0. The molecule has 0 aliphatic heterocycles. The number of halogens is 2. The zero-order valence-electron chi connectivity index (χ0n) is 9.30. The van der Waals surface area contributed by atoms with Crippen LogP contribution in [-0.4, -0.2) is 19.5 Å². The van der Waals surface area contributed by atoms with E-state index >= 15 is 0 Å². The third-order valence-electron chi connectivity index (χ3n) is 2.41. The van der Waals surface area contributed by atoms with Crippen LogP contribution in [0.1, 0.15) is 23.7 Å². The number of methoxy groups -OCH3 is 1. The van der Waals surface area contributed by atoms with Gasteiger partial charge in [0.2, 0.25) is 0 Å². The topological polar surface area (TPSA) is 26.3 Å². The largest absolute Gasteiger partial charge is 0.385 e. The molecule has 0 aliphatic rings. The van der Waals surface area contributed by atoms with E-state index in [-0.39, 0.29) is 17.5 Å². The fourth-order valence-corrected chi connectivity index (χ4v) is 1.74. The molecule has 16 heavy (non-hydrogen) atoms. The maximum Gasteiger partial charge on any atom is 0.165 e. The first-order valence-corrected chi connectivity index (χ1v) is 5.83. The van der Waals surface area contributed by atoms with Crippen LogP contribution in [0.5, 0.6) is 0 Å². The number of ether oxygens (including phenoxy) is 1. The van der Waals surface area contributed by atoms with Crippen molar-refractivity contribution in [3.8, 4) is 0 Å². The smallest absolute Gasteiger partial charge is 0.165 e. The summed E-state index contributed by atoms with van der Waals surface area (Å²) >= 11 is 3.06. The van der Waals surface area contributed by atoms with Gasteiger partial charge in [0, 0.05) is 25.2 Å². The van der Waals surface area contributed by atoms with Gasteiger partial charge in [0.05, 0.1) is 4.47 Å². The number of rotatable bonds is 5. The van der Waals surface area contributed by atoms with Gasteiger partial charge in [-0.1, -0.05) is 6.92 Å². The van der Waals surface area contributed by atoms with E-state index in [1.54, 1.807) is 7.11 Å². The van der Waals surface area contributed by atoms with Gasteiger partial charge in [-0.05, 0) is 40.5 Å². The van der Waals surface area contributed by atoms with Crippen LogP contribution in [0.3, 0.4) is 0 Å². The Hall–Kier alpha value is -0.740. The molecule has 1 rings (SSSR count). The number of hydrogen-bond acceptors (Lipinski definition) is 2. The monoisotopic (exact) mass is 288 g/mol. The summed E-state index contributed by atoms with van der Waals surface area (Å²) in [6.45, 7) is 2.40. The van der Waals surface area contributed by atoms with Gasteiger partial charge in [-0.15, -0.1) is 0 Å². The van der Waals surface area contributed by atoms with E-state index in [0.717, 1.165) is 0 Å². The van der Waals surface area contributed by atoms with Crippen LogP contribution in [0, 0.1) is 11.7 Å². The van der Waals surface area contributed by atoms with Crippen LogP contribution in [0.15, 0.2) is 22.7 Å². The fourth-order valence-electron chi connectivity index (χ4n) is 1.36. The second-order valence-corrected chi connectivity index (χ2v) is 4.53. The van der Waals surface area contributed by atoms with Crippen LogP contribution >= 0.6 is 15.9 Å². The Balaban J connectivity index is 2.76. The molecule has 1 aromatic carbocycles. The molecule has 1 atom stereocenters. The first-order chi connectivity index (χ1) is 7.56. The maximum atomic E-state index is 13.0. The molecule has 0 fully saturated rings. The zero-order chi connectivity index (χ0) is 12.1. The Morgan fingerprint density at radius 2 is 2.25 bits per heavy atom. The molecule has 1 unspecified atom stereocenters. The Kier molecular flexibility index (Phi) is 5.09. The molecule has 2 nitrogen and oxygen atoms in total. The lowest BCUT2D eigenvalue weighted by Crippen LogP contribution is -2.13. The van der Waals surface area contributed by atoms with E-state index in [0.29, 0.717) is 23.1 Å². The fraction of sp³-hybridized carbons (Fsp3) is 0.417. The summed E-state index contributed by atoms with van der Waals surface area (Å²) in [7, 11) is 1.60. The molecule has 1 aromatic rings. The van der Waals surface area contributed by atoms with Crippen molar-refractivity contribution in [3.05, 3.63) is 34.1 Å². The molecule has 0 bridgehead atoms. The predicted octanol–water partition coefficient (Wildman–Crippen LogP) is 3.44. The van der Waals surface area contributed by atoms with E-state index in [4.69, 9.17) is 4.74 Å². The van der Waals surface area contributed by atoms with Crippen molar-refractivity contribution in [1.29, 1.82) is 0 Å². The van der Waals surface area contributed by atoms with Gasteiger partial charge < -0.3 is 4.74 Å². The minimum Gasteiger partial charge on any atom is -0.385 e. The molecule has 0 N–H and O–H groups in total. The quantitative estimate of drug-likeness (QED) is 0.776. The highest BCUT2D eigenvalue weighted by atomic mass is 79.9. The lowest BCUT2D eigenvalue weighted by atomic mass is 9.97. The molecular weight excluding hydrogens is 275 g/mol. The lowest BCUT2D eigenvalue weighted by molar-refractivity contribution is 0.0893. The number of benzene rings is 1. The van der Waals surface area contributed by atoms with Crippen molar-refractivity contribution >= 4 is 21.7 Å². The van der Waals surface area contributed by atoms with E-state index < -0.39 is 0 Å². The van der Waals surface area contributed by atoms with Crippen LogP contribution in [0.25, 0.3) is 0 Å². The number of carbonyl (C=O) groups excluding carboxylic acids is 1. The highest BCUT2D eigenvalue weighted by Crippen LogP contribution is 2.20. The summed E-state index contributed by atoms with van der Waals surface area (Å²) in [6, 6.07) is 4.31. The van der Waals surface area contributed by atoms with Gasteiger partial charge >= 0.3 is 0 Å². The third-order valence-corrected chi connectivity index (χ3v) is 3.01. The second kappa shape index (κ2) is 6.11. The molecule has 0 aliphatic carbocycles. The third kappa shape index (κ3) is 3.39. The van der Waals surface area contributed by atoms with Gasteiger partial charge in [0.15, 0.2) is 5.78 Å². The summed E-state index contributed by atoms with van der Waals surface area (Å²) in [6.07, 6.45) is 0.671. The standard InChI is InChI=1S/C12H14BrFO2/c1-8(5-6-16-2)12(15)9-3-4-11(14)10(13)7-9/h3-4,7-8H,5-6H2,1-2H3. The van der Waals surface area contributed by atoms with Gasteiger partial charge in [-0.2, -0.15) is 0 Å². The molecule has 0 radical (unpaired) electrons. The Labute approximate surface area is 103 Å². The Bertz CT molecular complexity index is 379. The lowest BCUT2D eigenvalue weighted by Gasteiger charge is -2.10. The van der Waals surface area contributed by atoms with Crippen molar-refractivity contribution in [1.82, 2.24) is 0 Å². The van der Waals surface area contributed by atoms with Crippen molar-refractivity contribution in [3.63, 3.8) is 0 Å². The van der Waals surface area contributed by atoms with Gasteiger partial charge in [0.1, 0.15) is 5.82 Å². The molecule has 0 saturated carbocycles. The van der Waals surface area contributed by atoms with Gasteiger partial charge in [-0.3, -0.25) is 4.79 Å². The van der Waals surface area contributed by atoms with Crippen LogP contribution < -0.4 is 0 Å². The van der Waals surface area contributed by atoms with Crippen molar-refractivity contribution in [2.75, 3.05) is 13.7 Å². The zero-order valence-corrected chi connectivity index (χ0v) is 10.9. The molecular formula is C12H14BrFO2. The van der Waals surface area contributed by atoms with Crippen molar-refractivity contribution in [2.24, 2.45) is 5.92 Å². The summed E-state index contributed by atoms with van der Waals surface area (Å²) in [5.41, 5.74) is 0.525. The Morgan fingerprint density at radius 3 is 2.81 bits per heavy atom. The highest BCUT2D eigenvalue weighted by molar-refractivity contribution is 9.10. The van der Waals surface area contributed by atoms with Gasteiger partial charge in [0.25, 0.3) is 0 Å². The SMILES string of the molecule is COCCC(C)C(=O)c1ccc(F)c(Br)c1. The number of ketones is 1. The Morgan fingerprint density at radius 1 is 1.56 bits per heavy atom. The number of hydrogen-bond donors (Lipinski definition) is 0. The van der Waals surface area contributed by atoms with E-state index in [1.807, 2.05) is 6.92 Å². The minimum atomic E-state index is -0.360. The highest BCUT2D eigenvalue weighted by Gasteiger charge is 2.15. The predicted molar refractivity (Wildman–Crippen MR) is 64.1 cm³/mol. The van der Waals surface area contributed by atoms with E-state index in [1.165, 1.54) is 18.2 Å². The molecule has 0 aromatic heterocycles. The van der Waals surface area contributed by atoms with Gasteiger partial charge in [-0.25, -0.2) is 4.39 Å². The van der Waals surface area contributed by atoms with Crippen molar-refractivity contribution < 1.29 is 13.9 Å².